The third-order valence-corrected chi connectivity index (χ3v) is 2.33. The number of aliphatic imine (C=N–C) groups is 1. The predicted molar refractivity (Wildman–Crippen MR) is 64.2 cm³/mol. The summed E-state index contributed by atoms with van der Waals surface area (Å²) >= 11 is 0. The van der Waals surface area contributed by atoms with Crippen molar-refractivity contribution in [3.05, 3.63) is 0 Å². The molecule has 0 aliphatic carbocycles. The minimum atomic E-state index is -0.828. The average molecular weight is 230 g/mol. The maximum atomic E-state index is 11.0. The summed E-state index contributed by atoms with van der Waals surface area (Å²) in [6.07, 6.45) is 1.55. The molecule has 0 fully saturated rings. The lowest BCUT2D eigenvalue weighted by atomic mass is 9.98. The van der Waals surface area contributed by atoms with Crippen LogP contribution in [-0.2, 0) is 4.79 Å². The SMILES string of the molecule is CCCN[C@H](C(=O)O)C(C)CCN=C(N)N. The minimum Gasteiger partial charge on any atom is -0.480 e. The Hall–Kier alpha value is -1.30. The van der Waals surface area contributed by atoms with Gasteiger partial charge in [-0.1, -0.05) is 13.8 Å². The number of carboxylic acids is 1. The lowest BCUT2D eigenvalue weighted by Crippen LogP contribution is -2.42. The van der Waals surface area contributed by atoms with Gasteiger partial charge in [0.05, 0.1) is 0 Å². The third-order valence-electron chi connectivity index (χ3n) is 2.33. The fourth-order valence-electron chi connectivity index (χ4n) is 1.40. The molecule has 0 bridgehead atoms. The molecule has 16 heavy (non-hydrogen) atoms. The van der Waals surface area contributed by atoms with Gasteiger partial charge in [-0.3, -0.25) is 9.79 Å². The number of rotatable bonds is 8. The topological polar surface area (TPSA) is 114 Å². The van der Waals surface area contributed by atoms with E-state index in [0.29, 0.717) is 19.5 Å². The summed E-state index contributed by atoms with van der Waals surface area (Å²) in [4.78, 5) is 14.8. The van der Waals surface area contributed by atoms with Crippen LogP contribution in [0.25, 0.3) is 0 Å². The minimum absolute atomic E-state index is 0.00727. The van der Waals surface area contributed by atoms with Crippen molar-refractivity contribution < 1.29 is 9.90 Å². The molecule has 0 heterocycles. The molecular formula is C10H22N4O2. The maximum Gasteiger partial charge on any atom is 0.320 e. The molecule has 6 nitrogen and oxygen atoms in total. The normalized spacial score (nSPS) is 14.1. The fourth-order valence-corrected chi connectivity index (χ4v) is 1.40. The molecule has 0 spiro atoms. The van der Waals surface area contributed by atoms with Gasteiger partial charge in [0.1, 0.15) is 6.04 Å². The van der Waals surface area contributed by atoms with Crippen LogP contribution in [0, 0.1) is 5.92 Å². The summed E-state index contributed by atoms with van der Waals surface area (Å²) in [5, 5.41) is 12.0. The first-order chi connectivity index (χ1) is 7.49. The van der Waals surface area contributed by atoms with Gasteiger partial charge in [-0.15, -0.1) is 0 Å². The second kappa shape index (κ2) is 7.92. The molecule has 1 unspecified atom stereocenters. The van der Waals surface area contributed by atoms with E-state index >= 15 is 0 Å². The summed E-state index contributed by atoms with van der Waals surface area (Å²) < 4.78 is 0. The van der Waals surface area contributed by atoms with Gasteiger partial charge in [-0.25, -0.2) is 0 Å². The van der Waals surface area contributed by atoms with E-state index in [9.17, 15) is 4.79 Å². The number of nitrogens with zero attached hydrogens (tertiary/aromatic N) is 1. The molecule has 94 valence electrons. The molecular weight excluding hydrogens is 208 g/mol. The Bertz CT molecular complexity index is 239. The first kappa shape index (κ1) is 14.7. The van der Waals surface area contributed by atoms with Crippen molar-refractivity contribution in [1.29, 1.82) is 0 Å². The Morgan fingerprint density at radius 3 is 2.56 bits per heavy atom. The van der Waals surface area contributed by atoms with E-state index in [1.165, 1.54) is 0 Å². The van der Waals surface area contributed by atoms with Gasteiger partial charge in [0.25, 0.3) is 0 Å². The van der Waals surface area contributed by atoms with E-state index < -0.39 is 12.0 Å². The number of carboxylic acid groups (broad SMARTS) is 1. The molecule has 0 aliphatic heterocycles. The number of aliphatic carboxylic acids is 1. The molecule has 0 aromatic heterocycles. The molecule has 6 N–H and O–H groups in total. The summed E-state index contributed by atoms with van der Waals surface area (Å²) in [6.45, 7) is 5.03. The molecule has 0 saturated carbocycles. The number of hydrogen-bond acceptors (Lipinski definition) is 3. The van der Waals surface area contributed by atoms with Crippen LogP contribution in [-0.4, -0.2) is 36.2 Å². The quantitative estimate of drug-likeness (QED) is 0.339. The Morgan fingerprint density at radius 1 is 1.50 bits per heavy atom. The van der Waals surface area contributed by atoms with Gasteiger partial charge in [-0.2, -0.15) is 0 Å². The maximum absolute atomic E-state index is 11.0. The molecule has 0 saturated heterocycles. The van der Waals surface area contributed by atoms with Gasteiger partial charge in [0.15, 0.2) is 5.96 Å². The summed E-state index contributed by atoms with van der Waals surface area (Å²) in [6, 6.07) is -0.533. The summed E-state index contributed by atoms with van der Waals surface area (Å²) in [7, 11) is 0. The van der Waals surface area contributed by atoms with Crippen molar-refractivity contribution in [1.82, 2.24) is 5.32 Å². The zero-order valence-corrected chi connectivity index (χ0v) is 9.94. The van der Waals surface area contributed by atoms with Crippen LogP contribution in [0.15, 0.2) is 4.99 Å². The van der Waals surface area contributed by atoms with Gasteiger partial charge < -0.3 is 21.9 Å². The van der Waals surface area contributed by atoms with E-state index in [2.05, 4.69) is 10.3 Å². The molecule has 0 amide bonds. The van der Waals surface area contributed by atoms with Crippen LogP contribution in [0.3, 0.4) is 0 Å². The number of nitrogens with one attached hydrogen (secondary N) is 1. The van der Waals surface area contributed by atoms with Crippen LogP contribution in [0.4, 0.5) is 0 Å². The second-order valence-corrected chi connectivity index (χ2v) is 3.84. The number of hydrogen-bond donors (Lipinski definition) is 4. The number of nitrogens with two attached hydrogens (primary N) is 2. The van der Waals surface area contributed by atoms with Crippen molar-refractivity contribution in [3.63, 3.8) is 0 Å². The molecule has 0 aromatic carbocycles. The number of carbonyl (C=O) groups is 1. The van der Waals surface area contributed by atoms with Crippen LogP contribution in [0.2, 0.25) is 0 Å². The Kier molecular flexibility index (Phi) is 7.28. The Labute approximate surface area is 96.1 Å². The zero-order valence-electron chi connectivity index (χ0n) is 9.94. The first-order valence-corrected chi connectivity index (χ1v) is 5.50. The van der Waals surface area contributed by atoms with E-state index in [0.717, 1.165) is 6.42 Å². The molecule has 0 aromatic rings. The highest BCUT2D eigenvalue weighted by Gasteiger charge is 2.23. The van der Waals surface area contributed by atoms with Crippen LogP contribution >= 0.6 is 0 Å². The van der Waals surface area contributed by atoms with Gasteiger partial charge >= 0.3 is 5.97 Å². The van der Waals surface area contributed by atoms with Crippen LogP contribution in [0.5, 0.6) is 0 Å². The van der Waals surface area contributed by atoms with E-state index in [1.54, 1.807) is 0 Å². The lowest BCUT2D eigenvalue weighted by molar-refractivity contribution is -0.140. The van der Waals surface area contributed by atoms with Gasteiger partial charge in [0.2, 0.25) is 0 Å². The van der Waals surface area contributed by atoms with Crippen molar-refractivity contribution in [2.75, 3.05) is 13.1 Å². The van der Waals surface area contributed by atoms with E-state index in [4.69, 9.17) is 16.6 Å². The molecule has 0 aliphatic rings. The number of guanidine groups is 1. The highest BCUT2D eigenvalue weighted by molar-refractivity contribution is 5.75. The smallest absolute Gasteiger partial charge is 0.320 e. The fraction of sp³-hybridized carbons (Fsp3) is 0.800. The predicted octanol–water partition coefficient (Wildman–Crippen LogP) is -0.261. The summed E-state index contributed by atoms with van der Waals surface area (Å²) in [5.74, 6) is -0.793. The van der Waals surface area contributed by atoms with Gasteiger partial charge in [0, 0.05) is 6.54 Å². The molecule has 2 atom stereocenters. The van der Waals surface area contributed by atoms with Crippen molar-refractivity contribution >= 4 is 11.9 Å². The largest absolute Gasteiger partial charge is 0.480 e. The molecule has 0 radical (unpaired) electrons. The Morgan fingerprint density at radius 2 is 2.12 bits per heavy atom. The highest BCUT2D eigenvalue weighted by Crippen LogP contribution is 2.09. The monoisotopic (exact) mass is 230 g/mol. The lowest BCUT2D eigenvalue weighted by Gasteiger charge is -2.20. The van der Waals surface area contributed by atoms with E-state index in [1.807, 2.05) is 13.8 Å². The van der Waals surface area contributed by atoms with Crippen LogP contribution in [0.1, 0.15) is 26.7 Å². The molecule has 0 rings (SSSR count). The highest BCUT2D eigenvalue weighted by atomic mass is 16.4. The van der Waals surface area contributed by atoms with Crippen molar-refractivity contribution in [2.45, 2.75) is 32.7 Å². The second-order valence-electron chi connectivity index (χ2n) is 3.84. The Balaban J connectivity index is 4.11. The summed E-state index contributed by atoms with van der Waals surface area (Å²) in [5.41, 5.74) is 10.4. The van der Waals surface area contributed by atoms with Gasteiger partial charge in [-0.05, 0) is 25.3 Å². The first-order valence-electron chi connectivity index (χ1n) is 5.50. The van der Waals surface area contributed by atoms with Crippen molar-refractivity contribution in [3.8, 4) is 0 Å². The third kappa shape index (κ3) is 6.23. The zero-order chi connectivity index (χ0) is 12.6. The molecule has 6 heteroatoms. The standard InChI is InChI=1S/C10H22N4O2/c1-3-5-13-8(9(15)16)7(2)4-6-14-10(11)12/h7-8,13H,3-6H2,1-2H3,(H,15,16)(H4,11,12,14)/t7?,8-/m0/s1. The average Bonchev–Trinajstić information content (AvgIpc) is 2.17. The van der Waals surface area contributed by atoms with Crippen LogP contribution < -0.4 is 16.8 Å². The van der Waals surface area contributed by atoms with Crippen molar-refractivity contribution in [2.24, 2.45) is 22.4 Å². The van der Waals surface area contributed by atoms with E-state index in [-0.39, 0.29) is 11.9 Å².